The fourth-order valence-corrected chi connectivity index (χ4v) is 0.822. The molecule has 0 saturated carbocycles. The number of piperazine rings is 1. The minimum absolute atomic E-state index is 1.01. The maximum absolute atomic E-state index is 8.56. The van der Waals surface area contributed by atoms with Gasteiger partial charge in [0.1, 0.15) is 0 Å². The van der Waals surface area contributed by atoms with Crippen molar-refractivity contribution in [3.63, 3.8) is 0 Å². The number of hydrogen-bond donors (Lipinski definition) is 3. The van der Waals surface area contributed by atoms with Gasteiger partial charge in [-0.1, -0.05) is 0 Å². The lowest BCUT2D eigenvalue weighted by atomic mass is 10.4. The van der Waals surface area contributed by atoms with Gasteiger partial charge >= 0.3 is 6.16 Å². The van der Waals surface area contributed by atoms with Gasteiger partial charge in [-0.05, 0) is 7.05 Å². The van der Waals surface area contributed by atoms with Gasteiger partial charge in [0, 0.05) is 26.2 Å². The van der Waals surface area contributed by atoms with E-state index in [1.165, 1.54) is 0 Å². The average molecular weight is 177 g/mol. The van der Waals surface area contributed by atoms with E-state index in [-0.39, 0.29) is 0 Å². The van der Waals surface area contributed by atoms with Gasteiger partial charge in [0.15, 0.2) is 0 Å². The molecule has 6 heteroatoms. The van der Waals surface area contributed by atoms with Gasteiger partial charge in [-0.25, -0.2) is 9.80 Å². The second-order valence-corrected chi connectivity index (χ2v) is 2.62. The first kappa shape index (κ1) is 11.2. The number of hydrogen-bond acceptors (Lipinski definition) is 4. The molecular weight excluding hydrogens is 162 g/mol. The van der Waals surface area contributed by atoms with Crippen LogP contribution >= 0.6 is 0 Å². The molecule has 0 aromatic carbocycles. The fraction of sp³-hybridized carbons (Fsp3) is 0.833. The van der Waals surface area contributed by atoms with Gasteiger partial charge in [-0.3, -0.25) is 5.84 Å². The lowest BCUT2D eigenvalue weighted by Gasteiger charge is -2.28. The fourth-order valence-electron chi connectivity index (χ4n) is 0.822. The Labute approximate surface area is 71.1 Å². The minimum atomic E-state index is -1.83. The molecule has 0 bridgehead atoms. The third-order valence-corrected chi connectivity index (χ3v) is 1.54. The number of carbonyl (C=O) groups is 1. The predicted octanol–water partition coefficient (Wildman–Crippen LogP) is -0.670. The summed E-state index contributed by atoms with van der Waals surface area (Å²) in [5, 5.41) is 15.8. The summed E-state index contributed by atoms with van der Waals surface area (Å²) in [6, 6.07) is 0. The summed E-state index contributed by atoms with van der Waals surface area (Å²) in [5.74, 6) is 5.50. The third-order valence-electron chi connectivity index (χ3n) is 1.54. The standard InChI is InChI=1S/C5H13N3.CH2O3/c1-7-2-4-8(6)5-3-7;2-1(3)4/h2-6H2,1H3;(H2,2,3,4). The van der Waals surface area contributed by atoms with Crippen LogP contribution in [0, 0.1) is 0 Å². The number of nitrogens with two attached hydrogens (primary N) is 1. The van der Waals surface area contributed by atoms with Gasteiger partial charge < -0.3 is 15.1 Å². The number of rotatable bonds is 0. The molecule has 1 fully saturated rings. The van der Waals surface area contributed by atoms with Crippen molar-refractivity contribution >= 4 is 6.16 Å². The van der Waals surface area contributed by atoms with Crippen molar-refractivity contribution in [1.82, 2.24) is 9.91 Å². The van der Waals surface area contributed by atoms with E-state index in [0.717, 1.165) is 26.2 Å². The van der Waals surface area contributed by atoms with Crippen LogP contribution in [0.25, 0.3) is 0 Å². The van der Waals surface area contributed by atoms with E-state index in [4.69, 9.17) is 20.9 Å². The molecule has 0 aliphatic carbocycles. The van der Waals surface area contributed by atoms with Crippen molar-refractivity contribution < 1.29 is 15.0 Å². The highest BCUT2D eigenvalue weighted by molar-refractivity contribution is 5.53. The van der Waals surface area contributed by atoms with Crippen molar-refractivity contribution in [1.29, 1.82) is 0 Å². The zero-order valence-electron chi connectivity index (χ0n) is 7.10. The molecule has 12 heavy (non-hydrogen) atoms. The molecule has 0 amide bonds. The van der Waals surface area contributed by atoms with Gasteiger partial charge in [0.25, 0.3) is 0 Å². The summed E-state index contributed by atoms with van der Waals surface area (Å²) in [6.45, 7) is 4.24. The molecule has 0 aromatic rings. The summed E-state index contributed by atoms with van der Waals surface area (Å²) in [6.07, 6.45) is -1.83. The minimum Gasteiger partial charge on any atom is -0.450 e. The van der Waals surface area contributed by atoms with Crippen molar-refractivity contribution in [2.75, 3.05) is 33.2 Å². The smallest absolute Gasteiger partial charge is 0.450 e. The van der Waals surface area contributed by atoms with E-state index >= 15 is 0 Å². The molecule has 6 nitrogen and oxygen atoms in total. The van der Waals surface area contributed by atoms with Gasteiger partial charge in [-0.2, -0.15) is 0 Å². The molecule has 0 unspecified atom stereocenters. The molecule has 0 atom stereocenters. The van der Waals surface area contributed by atoms with Crippen molar-refractivity contribution in [2.45, 2.75) is 0 Å². The lowest BCUT2D eigenvalue weighted by molar-refractivity contribution is 0.137. The van der Waals surface area contributed by atoms with E-state index in [0.29, 0.717) is 0 Å². The first-order chi connectivity index (χ1) is 5.52. The van der Waals surface area contributed by atoms with Gasteiger partial charge in [0.05, 0.1) is 0 Å². The van der Waals surface area contributed by atoms with E-state index < -0.39 is 6.16 Å². The van der Waals surface area contributed by atoms with Crippen LogP contribution in [-0.4, -0.2) is 59.5 Å². The van der Waals surface area contributed by atoms with Crippen LogP contribution in [0.4, 0.5) is 4.79 Å². The molecule has 0 radical (unpaired) electrons. The van der Waals surface area contributed by atoms with Crippen molar-refractivity contribution in [3.05, 3.63) is 0 Å². The molecule has 72 valence electrons. The molecule has 1 rings (SSSR count). The summed E-state index contributed by atoms with van der Waals surface area (Å²) in [7, 11) is 2.12. The lowest BCUT2D eigenvalue weighted by Crippen LogP contribution is -2.47. The molecule has 0 spiro atoms. The summed E-state index contributed by atoms with van der Waals surface area (Å²) < 4.78 is 0. The predicted molar refractivity (Wildman–Crippen MR) is 43.9 cm³/mol. The first-order valence-electron chi connectivity index (χ1n) is 3.62. The van der Waals surface area contributed by atoms with Gasteiger partial charge in [0.2, 0.25) is 0 Å². The van der Waals surface area contributed by atoms with E-state index in [2.05, 4.69) is 11.9 Å². The van der Waals surface area contributed by atoms with Gasteiger partial charge in [-0.15, -0.1) is 0 Å². The van der Waals surface area contributed by atoms with Crippen LogP contribution in [0.5, 0.6) is 0 Å². The molecule has 1 aliphatic heterocycles. The first-order valence-corrected chi connectivity index (χ1v) is 3.62. The Morgan fingerprint density at radius 1 is 1.25 bits per heavy atom. The molecule has 1 heterocycles. The SMILES string of the molecule is CN1CCN(N)CC1.O=C(O)O. The monoisotopic (exact) mass is 177 g/mol. The van der Waals surface area contributed by atoms with Crippen LogP contribution in [0.15, 0.2) is 0 Å². The Morgan fingerprint density at radius 3 is 1.83 bits per heavy atom. The Hall–Kier alpha value is -0.850. The molecule has 1 aliphatic rings. The normalized spacial score (nSPS) is 19.5. The zero-order chi connectivity index (χ0) is 9.56. The van der Waals surface area contributed by atoms with Crippen LogP contribution < -0.4 is 5.84 Å². The molecule has 1 saturated heterocycles. The quantitative estimate of drug-likeness (QED) is 0.425. The highest BCUT2D eigenvalue weighted by atomic mass is 16.6. The van der Waals surface area contributed by atoms with Crippen LogP contribution in [-0.2, 0) is 0 Å². The second-order valence-electron chi connectivity index (χ2n) is 2.62. The average Bonchev–Trinajstić information content (AvgIpc) is 1.94. The Balaban J connectivity index is 0.000000261. The van der Waals surface area contributed by atoms with Crippen molar-refractivity contribution in [3.8, 4) is 0 Å². The summed E-state index contributed by atoms with van der Waals surface area (Å²) in [5.41, 5.74) is 0. The highest BCUT2D eigenvalue weighted by Gasteiger charge is 2.08. The van der Waals surface area contributed by atoms with E-state index in [9.17, 15) is 0 Å². The number of likely N-dealkylation sites (N-methyl/N-ethyl adjacent to an activating group) is 1. The second kappa shape index (κ2) is 5.76. The Morgan fingerprint density at radius 2 is 1.58 bits per heavy atom. The molecule has 4 N–H and O–H groups in total. The number of hydrazine groups is 1. The maximum Gasteiger partial charge on any atom is 0.503 e. The highest BCUT2D eigenvalue weighted by Crippen LogP contribution is 1.91. The Bertz CT molecular complexity index is 120. The zero-order valence-corrected chi connectivity index (χ0v) is 7.10. The van der Waals surface area contributed by atoms with Crippen LogP contribution in [0.2, 0.25) is 0 Å². The van der Waals surface area contributed by atoms with Crippen molar-refractivity contribution in [2.24, 2.45) is 5.84 Å². The largest absolute Gasteiger partial charge is 0.503 e. The van der Waals surface area contributed by atoms with Crippen LogP contribution in [0.1, 0.15) is 0 Å². The number of carboxylic acid groups (broad SMARTS) is 2. The Kier molecular flexibility index (Phi) is 5.35. The van der Waals surface area contributed by atoms with E-state index in [1.807, 2.05) is 5.01 Å². The number of nitrogens with zero attached hydrogens (tertiary/aromatic N) is 2. The molecular formula is C6H15N3O3. The summed E-state index contributed by atoms with van der Waals surface area (Å²) in [4.78, 5) is 10.8. The third kappa shape index (κ3) is 7.26. The topological polar surface area (TPSA) is 90.0 Å². The molecule has 0 aromatic heterocycles. The van der Waals surface area contributed by atoms with Crippen LogP contribution in [0.3, 0.4) is 0 Å². The maximum atomic E-state index is 8.56. The summed E-state index contributed by atoms with van der Waals surface area (Å²) >= 11 is 0. The van der Waals surface area contributed by atoms with E-state index in [1.54, 1.807) is 0 Å².